The third-order valence-electron chi connectivity index (χ3n) is 3.19. The summed E-state index contributed by atoms with van der Waals surface area (Å²) < 4.78 is 13.8. The lowest BCUT2D eigenvalue weighted by Crippen LogP contribution is -1.97. The minimum atomic E-state index is -0.288. The van der Waals surface area contributed by atoms with E-state index < -0.39 is 0 Å². The molecule has 20 heavy (non-hydrogen) atoms. The number of hydrogen-bond acceptors (Lipinski definition) is 3. The van der Waals surface area contributed by atoms with Crippen LogP contribution in [0.2, 0.25) is 0 Å². The highest BCUT2D eigenvalue weighted by atomic mass is 19.1. The van der Waals surface area contributed by atoms with Crippen molar-refractivity contribution < 1.29 is 4.39 Å². The Morgan fingerprint density at radius 3 is 2.80 bits per heavy atom. The van der Waals surface area contributed by atoms with Crippen molar-refractivity contribution in [3.05, 3.63) is 60.0 Å². The summed E-state index contributed by atoms with van der Waals surface area (Å²) in [5.41, 5.74) is 9.45. The number of rotatable bonds is 2. The molecular weight excluding hydrogens is 253 g/mol. The smallest absolute Gasteiger partial charge is 0.146 e. The number of nitrogen functional groups attached to an aromatic ring is 1. The van der Waals surface area contributed by atoms with E-state index in [2.05, 4.69) is 10.3 Å². The van der Waals surface area contributed by atoms with Crippen molar-refractivity contribution in [3.63, 3.8) is 0 Å². The van der Waals surface area contributed by atoms with E-state index in [4.69, 9.17) is 5.73 Å². The third-order valence-corrected chi connectivity index (χ3v) is 3.19. The molecule has 3 aromatic rings. The maximum Gasteiger partial charge on any atom is 0.146 e. The Morgan fingerprint density at radius 1 is 1.10 bits per heavy atom. The molecule has 3 nitrogen and oxygen atoms in total. The Bertz CT molecular complexity index is 784. The van der Waals surface area contributed by atoms with E-state index in [9.17, 15) is 4.39 Å². The van der Waals surface area contributed by atoms with Crippen LogP contribution in [0.25, 0.3) is 10.9 Å². The Labute approximate surface area is 116 Å². The number of aryl methyl sites for hydroxylation is 1. The van der Waals surface area contributed by atoms with E-state index in [1.165, 1.54) is 6.07 Å². The molecule has 3 rings (SSSR count). The number of fused-ring (bicyclic) bond motifs is 1. The Hall–Kier alpha value is -2.62. The lowest BCUT2D eigenvalue weighted by Gasteiger charge is -2.12. The van der Waals surface area contributed by atoms with Gasteiger partial charge >= 0.3 is 0 Å². The summed E-state index contributed by atoms with van der Waals surface area (Å²) in [6, 6.07) is 12.3. The highest BCUT2D eigenvalue weighted by molar-refractivity contribution is 5.99. The molecule has 4 heteroatoms. The van der Waals surface area contributed by atoms with Gasteiger partial charge in [-0.2, -0.15) is 0 Å². The number of nitrogens with two attached hydrogens (primary N) is 1. The van der Waals surface area contributed by atoms with E-state index in [1.54, 1.807) is 24.4 Å². The van der Waals surface area contributed by atoms with E-state index in [1.807, 2.05) is 25.1 Å². The van der Waals surface area contributed by atoms with Gasteiger partial charge in [-0.25, -0.2) is 4.39 Å². The van der Waals surface area contributed by atoms with Crippen LogP contribution in [0.15, 0.2) is 48.7 Å². The highest BCUT2D eigenvalue weighted by Crippen LogP contribution is 2.30. The molecule has 0 saturated carbocycles. The second-order valence-electron chi connectivity index (χ2n) is 4.71. The summed E-state index contributed by atoms with van der Waals surface area (Å²) in [5, 5.41) is 3.98. The van der Waals surface area contributed by atoms with Crippen LogP contribution in [0.3, 0.4) is 0 Å². The summed E-state index contributed by atoms with van der Waals surface area (Å²) in [6.07, 6.45) is 1.69. The van der Waals surface area contributed by atoms with Gasteiger partial charge in [0, 0.05) is 17.3 Å². The monoisotopic (exact) mass is 267 g/mol. The fourth-order valence-corrected chi connectivity index (χ4v) is 2.18. The van der Waals surface area contributed by atoms with Crippen LogP contribution in [-0.2, 0) is 0 Å². The molecule has 3 N–H and O–H groups in total. The summed E-state index contributed by atoms with van der Waals surface area (Å²) >= 11 is 0. The molecule has 0 radical (unpaired) electrons. The molecule has 1 heterocycles. The largest absolute Gasteiger partial charge is 0.397 e. The van der Waals surface area contributed by atoms with Crippen LogP contribution in [0.4, 0.5) is 21.5 Å². The fraction of sp³-hybridized carbons (Fsp3) is 0.0625. The standard InChI is InChI=1S/C16H14FN3/c1-10-4-5-12(17)15(9-10)20-14-7-6-13(18)16-11(14)3-2-8-19-16/h2-9,20H,18H2,1H3. The second-order valence-corrected chi connectivity index (χ2v) is 4.71. The first-order chi connectivity index (χ1) is 9.65. The van der Waals surface area contributed by atoms with Gasteiger partial charge in [0.15, 0.2) is 0 Å². The zero-order chi connectivity index (χ0) is 14.1. The Balaban J connectivity index is 2.11. The maximum atomic E-state index is 13.8. The predicted octanol–water partition coefficient (Wildman–Crippen LogP) is 4.01. The number of pyridine rings is 1. The molecule has 0 bridgehead atoms. The second kappa shape index (κ2) is 4.81. The van der Waals surface area contributed by atoms with Gasteiger partial charge in [-0.1, -0.05) is 6.07 Å². The van der Waals surface area contributed by atoms with Crippen molar-refractivity contribution in [3.8, 4) is 0 Å². The molecule has 0 fully saturated rings. The van der Waals surface area contributed by atoms with Gasteiger partial charge < -0.3 is 11.1 Å². The van der Waals surface area contributed by atoms with Crippen LogP contribution in [0, 0.1) is 12.7 Å². The van der Waals surface area contributed by atoms with Crippen LogP contribution in [0.5, 0.6) is 0 Å². The van der Waals surface area contributed by atoms with Gasteiger partial charge in [-0.3, -0.25) is 4.98 Å². The van der Waals surface area contributed by atoms with Crippen molar-refractivity contribution in [1.29, 1.82) is 0 Å². The summed E-state index contributed by atoms with van der Waals surface area (Å²) in [4.78, 5) is 4.26. The first-order valence-corrected chi connectivity index (χ1v) is 6.31. The van der Waals surface area contributed by atoms with Crippen molar-refractivity contribution in [2.45, 2.75) is 6.92 Å². The maximum absolute atomic E-state index is 13.8. The zero-order valence-corrected chi connectivity index (χ0v) is 11.0. The van der Waals surface area contributed by atoms with Crippen molar-refractivity contribution in [2.75, 3.05) is 11.1 Å². The Morgan fingerprint density at radius 2 is 1.95 bits per heavy atom. The van der Waals surface area contributed by atoms with Crippen molar-refractivity contribution in [2.24, 2.45) is 0 Å². The van der Waals surface area contributed by atoms with Crippen molar-refractivity contribution >= 4 is 28.0 Å². The lowest BCUT2D eigenvalue weighted by molar-refractivity contribution is 0.631. The highest BCUT2D eigenvalue weighted by Gasteiger charge is 2.07. The van der Waals surface area contributed by atoms with Gasteiger partial charge in [-0.05, 0) is 48.9 Å². The average Bonchev–Trinajstić information content (AvgIpc) is 2.46. The predicted molar refractivity (Wildman–Crippen MR) is 80.6 cm³/mol. The van der Waals surface area contributed by atoms with Gasteiger partial charge in [-0.15, -0.1) is 0 Å². The van der Waals surface area contributed by atoms with E-state index in [0.717, 1.165) is 16.6 Å². The lowest BCUT2D eigenvalue weighted by atomic mass is 10.1. The normalized spacial score (nSPS) is 10.7. The molecule has 0 unspecified atom stereocenters. The summed E-state index contributed by atoms with van der Waals surface area (Å²) in [5.74, 6) is -0.288. The molecule has 0 spiro atoms. The first-order valence-electron chi connectivity index (χ1n) is 6.31. The molecule has 0 amide bonds. The van der Waals surface area contributed by atoms with Crippen LogP contribution in [0.1, 0.15) is 5.56 Å². The van der Waals surface area contributed by atoms with Gasteiger partial charge in [0.05, 0.1) is 16.9 Å². The van der Waals surface area contributed by atoms with Gasteiger partial charge in [0.25, 0.3) is 0 Å². The number of aromatic nitrogens is 1. The fourth-order valence-electron chi connectivity index (χ4n) is 2.18. The molecule has 100 valence electrons. The van der Waals surface area contributed by atoms with Crippen LogP contribution >= 0.6 is 0 Å². The van der Waals surface area contributed by atoms with Crippen LogP contribution < -0.4 is 11.1 Å². The van der Waals surface area contributed by atoms with Gasteiger partial charge in [0.2, 0.25) is 0 Å². The summed E-state index contributed by atoms with van der Waals surface area (Å²) in [6.45, 7) is 1.92. The van der Waals surface area contributed by atoms with E-state index in [0.29, 0.717) is 16.9 Å². The molecule has 0 saturated heterocycles. The molecular formula is C16H14FN3. The number of halogens is 1. The van der Waals surface area contributed by atoms with Crippen LogP contribution in [-0.4, -0.2) is 4.98 Å². The number of anilines is 3. The minimum absolute atomic E-state index is 0.288. The Kier molecular flexibility index (Phi) is 2.99. The quantitative estimate of drug-likeness (QED) is 0.690. The topological polar surface area (TPSA) is 50.9 Å². The number of hydrogen-bond donors (Lipinski definition) is 2. The SMILES string of the molecule is Cc1ccc(F)c(Nc2ccc(N)c3ncccc23)c1. The number of nitrogens with one attached hydrogen (secondary N) is 1. The molecule has 1 aromatic heterocycles. The molecule has 0 aliphatic carbocycles. The number of nitrogens with zero attached hydrogens (tertiary/aromatic N) is 1. The molecule has 0 atom stereocenters. The summed E-state index contributed by atoms with van der Waals surface area (Å²) in [7, 11) is 0. The average molecular weight is 267 g/mol. The zero-order valence-electron chi connectivity index (χ0n) is 11.0. The first kappa shape index (κ1) is 12.4. The number of benzene rings is 2. The van der Waals surface area contributed by atoms with Gasteiger partial charge in [0.1, 0.15) is 5.82 Å². The third kappa shape index (κ3) is 2.16. The molecule has 2 aromatic carbocycles. The van der Waals surface area contributed by atoms with E-state index in [-0.39, 0.29) is 5.82 Å². The molecule has 0 aliphatic heterocycles. The van der Waals surface area contributed by atoms with E-state index >= 15 is 0 Å². The minimum Gasteiger partial charge on any atom is -0.397 e. The molecule has 0 aliphatic rings. The van der Waals surface area contributed by atoms with Crippen molar-refractivity contribution in [1.82, 2.24) is 4.98 Å².